The molecular weight excluding hydrogens is 208 g/mol. The van der Waals surface area contributed by atoms with E-state index in [1.807, 2.05) is 0 Å². The van der Waals surface area contributed by atoms with E-state index < -0.39 is 0 Å². The molecule has 0 heterocycles. The van der Waals surface area contributed by atoms with Crippen LogP contribution in [0.3, 0.4) is 0 Å². The normalized spacial score (nSPS) is 13.8. The van der Waals surface area contributed by atoms with E-state index in [2.05, 4.69) is 52.8 Å². The van der Waals surface area contributed by atoms with Gasteiger partial charge in [-0.25, -0.2) is 0 Å². The van der Waals surface area contributed by atoms with Crippen molar-refractivity contribution < 1.29 is 5.11 Å². The molecule has 1 nitrogen and oxygen atoms in total. The minimum absolute atomic E-state index is 0.307. The summed E-state index contributed by atoms with van der Waals surface area (Å²) >= 11 is 0. The van der Waals surface area contributed by atoms with Crippen molar-refractivity contribution in [3.63, 3.8) is 0 Å². The van der Waals surface area contributed by atoms with Crippen LogP contribution in [0.2, 0.25) is 0 Å². The van der Waals surface area contributed by atoms with Gasteiger partial charge in [0.15, 0.2) is 0 Å². The number of rotatable bonds is 4. The molecule has 96 valence electrons. The quantitative estimate of drug-likeness (QED) is 0.810. The van der Waals surface area contributed by atoms with E-state index in [1.54, 1.807) is 0 Å². The lowest BCUT2D eigenvalue weighted by molar-refractivity contribution is 0.156. The average molecular weight is 234 g/mol. The predicted molar refractivity (Wildman–Crippen MR) is 74.2 cm³/mol. The maximum absolute atomic E-state index is 10.3. The molecule has 0 fully saturated rings. The molecule has 1 unspecified atom stereocenters. The Morgan fingerprint density at radius 2 is 1.65 bits per heavy atom. The third-order valence-corrected chi connectivity index (χ3v) is 3.28. The first-order valence-electron chi connectivity index (χ1n) is 6.55. The third-order valence-electron chi connectivity index (χ3n) is 3.28. The van der Waals surface area contributed by atoms with Crippen LogP contribution in [0, 0.1) is 19.3 Å². The lowest BCUT2D eigenvalue weighted by atomic mass is 9.87. The van der Waals surface area contributed by atoms with Crippen LogP contribution in [0.1, 0.15) is 62.8 Å². The molecule has 0 saturated carbocycles. The minimum Gasteiger partial charge on any atom is -0.388 e. The van der Waals surface area contributed by atoms with Crippen LogP contribution < -0.4 is 0 Å². The molecular formula is C16H26O. The van der Waals surface area contributed by atoms with E-state index in [4.69, 9.17) is 0 Å². The summed E-state index contributed by atoms with van der Waals surface area (Å²) in [6, 6.07) is 6.21. The Bertz CT molecular complexity index is 340. The maximum atomic E-state index is 10.3. The van der Waals surface area contributed by atoms with Crippen LogP contribution in [0.15, 0.2) is 18.2 Å². The van der Waals surface area contributed by atoms with E-state index in [1.165, 1.54) is 11.1 Å². The fourth-order valence-electron chi connectivity index (χ4n) is 2.32. The second-order valence-electron chi connectivity index (χ2n) is 6.27. The van der Waals surface area contributed by atoms with Gasteiger partial charge in [0.25, 0.3) is 0 Å². The molecule has 0 saturated heterocycles. The molecule has 0 amide bonds. The number of benzene rings is 1. The van der Waals surface area contributed by atoms with Crippen LogP contribution in [0.5, 0.6) is 0 Å². The van der Waals surface area contributed by atoms with Crippen molar-refractivity contribution in [2.75, 3.05) is 0 Å². The van der Waals surface area contributed by atoms with Crippen LogP contribution in [-0.2, 0) is 0 Å². The second-order valence-corrected chi connectivity index (χ2v) is 6.27. The summed E-state index contributed by atoms with van der Waals surface area (Å²) in [4.78, 5) is 0. The van der Waals surface area contributed by atoms with Gasteiger partial charge in [-0.15, -0.1) is 0 Å². The van der Waals surface area contributed by atoms with Gasteiger partial charge in [0.05, 0.1) is 6.10 Å². The second kappa shape index (κ2) is 5.68. The SMILES string of the molecule is Cc1cccc(C)c1C(O)CCCC(C)(C)C. The Labute approximate surface area is 106 Å². The Hall–Kier alpha value is -0.820. The molecule has 17 heavy (non-hydrogen) atoms. The first-order chi connectivity index (χ1) is 7.81. The molecule has 0 spiro atoms. The van der Waals surface area contributed by atoms with Crippen molar-refractivity contribution in [2.24, 2.45) is 5.41 Å². The molecule has 1 N–H and O–H groups in total. The van der Waals surface area contributed by atoms with Crippen LogP contribution >= 0.6 is 0 Å². The minimum atomic E-state index is -0.307. The van der Waals surface area contributed by atoms with Crippen molar-refractivity contribution in [3.8, 4) is 0 Å². The lowest BCUT2D eigenvalue weighted by Gasteiger charge is -2.20. The zero-order valence-electron chi connectivity index (χ0n) is 11.9. The van der Waals surface area contributed by atoms with Gasteiger partial charge >= 0.3 is 0 Å². The van der Waals surface area contributed by atoms with Crippen molar-refractivity contribution in [2.45, 2.75) is 60.0 Å². The summed E-state index contributed by atoms with van der Waals surface area (Å²) in [5.74, 6) is 0. The van der Waals surface area contributed by atoms with Crippen LogP contribution in [0.25, 0.3) is 0 Å². The van der Waals surface area contributed by atoms with Crippen molar-refractivity contribution in [1.29, 1.82) is 0 Å². The van der Waals surface area contributed by atoms with Gasteiger partial charge in [-0.05, 0) is 48.8 Å². The summed E-state index contributed by atoms with van der Waals surface area (Å²) in [6.45, 7) is 10.9. The Kier molecular flexibility index (Phi) is 4.76. The van der Waals surface area contributed by atoms with E-state index in [9.17, 15) is 5.11 Å². The average Bonchev–Trinajstić information content (AvgIpc) is 2.15. The zero-order valence-corrected chi connectivity index (χ0v) is 11.9. The molecule has 1 heteroatoms. The summed E-state index contributed by atoms with van der Waals surface area (Å²) in [5.41, 5.74) is 3.89. The van der Waals surface area contributed by atoms with Gasteiger partial charge < -0.3 is 5.11 Å². The van der Waals surface area contributed by atoms with Gasteiger partial charge in [0.1, 0.15) is 0 Å². The molecule has 0 aromatic heterocycles. The van der Waals surface area contributed by atoms with E-state index in [0.29, 0.717) is 5.41 Å². The van der Waals surface area contributed by atoms with Gasteiger partial charge in [-0.2, -0.15) is 0 Å². The monoisotopic (exact) mass is 234 g/mol. The number of aliphatic hydroxyl groups excluding tert-OH is 1. The highest BCUT2D eigenvalue weighted by atomic mass is 16.3. The fraction of sp³-hybridized carbons (Fsp3) is 0.625. The highest BCUT2D eigenvalue weighted by Gasteiger charge is 2.15. The van der Waals surface area contributed by atoms with Crippen molar-refractivity contribution in [1.82, 2.24) is 0 Å². The molecule has 1 rings (SSSR count). The molecule has 0 radical (unpaired) electrons. The van der Waals surface area contributed by atoms with Crippen molar-refractivity contribution >= 4 is 0 Å². The number of hydrogen-bond donors (Lipinski definition) is 1. The first-order valence-corrected chi connectivity index (χ1v) is 6.55. The maximum Gasteiger partial charge on any atom is 0.0795 e. The summed E-state index contributed by atoms with van der Waals surface area (Å²) in [7, 11) is 0. The molecule has 0 aliphatic carbocycles. The van der Waals surface area contributed by atoms with Crippen LogP contribution in [-0.4, -0.2) is 5.11 Å². The molecule has 1 aromatic rings. The van der Waals surface area contributed by atoms with Gasteiger partial charge in [-0.1, -0.05) is 45.4 Å². The smallest absolute Gasteiger partial charge is 0.0795 e. The van der Waals surface area contributed by atoms with E-state index >= 15 is 0 Å². The Morgan fingerprint density at radius 3 is 2.12 bits per heavy atom. The predicted octanol–water partition coefficient (Wildman–Crippen LogP) is 4.55. The zero-order chi connectivity index (χ0) is 13.1. The van der Waals surface area contributed by atoms with E-state index in [0.717, 1.165) is 24.8 Å². The summed E-state index contributed by atoms with van der Waals surface area (Å²) in [6.07, 6.45) is 2.80. The summed E-state index contributed by atoms with van der Waals surface area (Å²) in [5, 5.41) is 10.3. The molecule has 0 aliphatic rings. The Balaban J connectivity index is 2.61. The number of hydrogen-bond acceptors (Lipinski definition) is 1. The van der Waals surface area contributed by atoms with Gasteiger partial charge in [0.2, 0.25) is 0 Å². The van der Waals surface area contributed by atoms with Crippen LogP contribution in [0.4, 0.5) is 0 Å². The largest absolute Gasteiger partial charge is 0.388 e. The molecule has 0 aliphatic heterocycles. The highest BCUT2D eigenvalue weighted by molar-refractivity contribution is 5.35. The first kappa shape index (κ1) is 14.2. The standard InChI is InChI=1S/C16H26O/c1-12-8-6-9-13(2)15(12)14(17)10-7-11-16(3,4)5/h6,8-9,14,17H,7,10-11H2,1-5H3. The van der Waals surface area contributed by atoms with Gasteiger partial charge in [0, 0.05) is 0 Å². The molecule has 1 aromatic carbocycles. The van der Waals surface area contributed by atoms with E-state index in [-0.39, 0.29) is 6.10 Å². The topological polar surface area (TPSA) is 20.2 Å². The number of aliphatic hydroxyl groups is 1. The fourth-order valence-corrected chi connectivity index (χ4v) is 2.32. The Morgan fingerprint density at radius 1 is 1.12 bits per heavy atom. The van der Waals surface area contributed by atoms with Crippen molar-refractivity contribution in [3.05, 3.63) is 34.9 Å². The third kappa shape index (κ3) is 4.51. The summed E-state index contributed by atoms with van der Waals surface area (Å²) < 4.78 is 0. The molecule has 1 atom stereocenters. The molecule has 0 bridgehead atoms. The van der Waals surface area contributed by atoms with Gasteiger partial charge in [-0.3, -0.25) is 0 Å². The lowest BCUT2D eigenvalue weighted by Crippen LogP contribution is -2.07. The number of aryl methyl sites for hydroxylation is 2. The highest BCUT2D eigenvalue weighted by Crippen LogP contribution is 2.28.